The summed E-state index contributed by atoms with van der Waals surface area (Å²) in [4.78, 5) is 17.9. The fraction of sp³-hybridized carbons (Fsp3) is 0.412. The summed E-state index contributed by atoms with van der Waals surface area (Å²) < 4.78 is 29.4. The Morgan fingerprint density at radius 1 is 1.32 bits per heavy atom. The zero-order valence-electron chi connectivity index (χ0n) is 13.6. The monoisotopic (exact) mass is 346 g/mol. The van der Waals surface area contributed by atoms with Gasteiger partial charge in [0.15, 0.2) is 0 Å². The summed E-state index contributed by atoms with van der Waals surface area (Å²) >= 11 is 0. The number of nitrogens with zero attached hydrogens (tertiary/aromatic N) is 4. The van der Waals surface area contributed by atoms with E-state index in [4.69, 9.17) is 5.26 Å². The van der Waals surface area contributed by atoms with Gasteiger partial charge in [-0.3, -0.25) is 4.79 Å². The number of piperidine rings is 1. The Morgan fingerprint density at radius 2 is 1.96 bits per heavy atom. The molecule has 1 amide bonds. The molecule has 0 aliphatic carbocycles. The van der Waals surface area contributed by atoms with E-state index in [1.165, 1.54) is 0 Å². The van der Waals surface area contributed by atoms with Gasteiger partial charge >= 0.3 is 6.43 Å². The number of hydrogen-bond acceptors (Lipinski definition) is 5. The lowest BCUT2D eigenvalue weighted by atomic mass is 9.82. The van der Waals surface area contributed by atoms with Crippen molar-refractivity contribution in [3.05, 3.63) is 35.7 Å². The van der Waals surface area contributed by atoms with Crippen LogP contribution in [0.15, 0.2) is 28.8 Å². The number of carbonyl (C=O) groups excluding carboxylic acids is 1. The Bertz CT molecular complexity index is 803. The number of carbonyl (C=O) groups is 1. The van der Waals surface area contributed by atoms with E-state index in [2.05, 4.69) is 20.7 Å². The number of benzene rings is 1. The van der Waals surface area contributed by atoms with Gasteiger partial charge in [-0.15, -0.1) is 0 Å². The first-order valence-electron chi connectivity index (χ1n) is 7.84. The quantitative estimate of drug-likeness (QED) is 0.850. The van der Waals surface area contributed by atoms with Crippen LogP contribution >= 0.6 is 0 Å². The van der Waals surface area contributed by atoms with Gasteiger partial charge in [0.05, 0.1) is 11.5 Å². The number of nitriles is 1. The van der Waals surface area contributed by atoms with Gasteiger partial charge in [-0.2, -0.15) is 19.0 Å². The zero-order chi connectivity index (χ0) is 18.0. The molecule has 3 rings (SSSR count). The highest BCUT2D eigenvalue weighted by Gasteiger charge is 2.32. The first-order valence-corrected chi connectivity index (χ1v) is 7.84. The molecule has 1 aromatic carbocycles. The molecular weight excluding hydrogens is 330 g/mol. The van der Waals surface area contributed by atoms with E-state index in [0.29, 0.717) is 37.1 Å². The summed E-state index contributed by atoms with van der Waals surface area (Å²) in [6.45, 7) is 2.97. The smallest absolute Gasteiger partial charge is 0.315 e. The molecule has 0 radical (unpaired) electrons. The second-order valence-corrected chi connectivity index (χ2v) is 6.30. The van der Waals surface area contributed by atoms with Crippen LogP contribution in [0.2, 0.25) is 0 Å². The SMILES string of the molecule is CC1(C#N)CCN(C(=O)c2ccc(-c3noc(C(F)F)n3)cc2)CC1. The van der Waals surface area contributed by atoms with Crippen molar-refractivity contribution < 1.29 is 18.1 Å². The van der Waals surface area contributed by atoms with E-state index >= 15 is 0 Å². The molecule has 1 aliphatic rings. The Balaban J connectivity index is 1.70. The van der Waals surface area contributed by atoms with E-state index in [9.17, 15) is 13.6 Å². The standard InChI is InChI=1S/C17H16F2N4O2/c1-17(10-20)6-8-23(9-7-17)16(24)12-4-2-11(3-5-12)14-21-15(13(18)19)25-22-14/h2-5,13H,6-9H2,1H3. The van der Waals surface area contributed by atoms with Crippen LogP contribution in [0, 0.1) is 16.7 Å². The average molecular weight is 346 g/mol. The molecule has 1 aliphatic heterocycles. The van der Waals surface area contributed by atoms with Gasteiger partial charge < -0.3 is 9.42 Å². The predicted molar refractivity (Wildman–Crippen MR) is 83.5 cm³/mol. The maximum Gasteiger partial charge on any atom is 0.315 e. The van der Waals surface area contributed by atoms with Gasteiger partial charge in [0, 0.05) is 24.2 Å². The molecule has 1 aromatic heterocycles. The summed E-state index contributed by atoms with van der Waals surface area (Å²) in [6, 6.07) is 8.70. The van der Waals surface area contributed by atoms with Crippen LogP contribution < -0.4 is 0 Å². The van der Waals surface area contributed by atoms with Crippen molar-refractivity contribution in [3.63, 3.8) is 0 Å². The Hall–Kier alpha value is -2.82. The second-order valence-electron chi connectivity index (χ2n) is 6.30. The van der Waals surface area contributed by atoms with Crippen molar-refractivity contribution >= 4 is 5.91 Å². The number of aromatic nitrogens is 2. The number of alkyl halides is 2. The summed E-state index contributed by atoms with van der Waals surface area (Å²) in [5.74, 6) is -0.797. The molecule has 8 heteroatoms. The fourth-order valence-corrected chi connectivity index (χ4v) is 2.70. The number of rotatable bonds is 3. The molecule has 6 nitrogen and oxygen atoms in total. The third-order valence-corrected chi connectivity index (χ3v) is 4.44. The van der Waals surface area contributed by atoms with Gasteiger partial charge in [-0.1, -0.05) is 17.3 Å². The Morgan fingerprint density at radius 3 is 2.48 bits per heavy atom. The summed E-state index contributed by atoms with van der Waals surface area (Å²) in [6.07, 6.45) is -1.53. The van der Waals surface area contributed by atoms with Crippen molar-refractivity contribution in [1.82, 2.24) is 15.0 Å². The van der Waals surface area contributed by atoms with Crippen LogP contribution in [-0.2, 0) is 0 Å². The van der Waals surface area contributed by atoms with Crippen molar-refractivity contribution in [1.29, 1.82) is 5.26 Å². The normalized spacial score (nSPS) is 16.7. The predicted octanol–water partition coefficient (Wildman–Crippen LogP) is 3.44. The van der Waals surface area contributed by atoms with Gasteiger partial charge in [0.1, 0.15) is 0 Å². The minimum absolute atomic E-state index is 0.0528. The van der Waals surface area contributed by atoms with Crippen LogP contribution in [-0.4, -0.2) is 34.0 Å². The fourth-order valence-electron chi connectivity index (χ4n) is 2.70. The molecule has 0 atom stereocenters. The highest BCUT2D eigenvalue weighted by molar-refractivity contribution is 5.94. The Kier molecular flexibility index (Phi) is 4.49. The third kappa shape index (κ3) is 3.50. The third-order valence-electron chi connectivity index (χ3n) is 4.44. The van der Waals surface area contributed by atoms with Crippen LogP contribution in [0.4, 0.5) is 8.78 Å². The number of hydrogen-bond donors (Lipinski definition) is 0. The molecule has 0 bridgehead atoms. The molecule has 130 valence electrons. The molecule has 0 saturated carbocycles. The lowest BCUT2D eigenvalue weighted by molar-refractivity contribution is 0.0661. The molecule has 2 aromatic rings. The lowest BCUT2D eigenvalue weighted by Gasteiger charge is -2.35. The molecule has 1 saturated heterocycles. The minimum Gasteiger partial charge on any atom is -0.339 e. The van der Waals surface area contributed by atoms with Crippen molar-refractivity contribution in [2.75, 3.05) is 13.1 Å². The maximum atomic E-state index is 12.5. The van der Waals surface area contributed by atoms with E-state index in [-0.39, 0.29) is 17.1 Å². The second kappa shape index (κ2) is 6.59. The summed E-state index contributed by atoms with van der Waals surface area (Å²) in [5, 5.41) is 12.7. The molecule has 0 unspecified atom stereocenters. The maximum absolute atomic E-state index is 12.5. The highest BCUT2D eigenvalue weighted by atomic mass is 19.3. The average Bonchev–Trinajstić information content (AvgIpc) is 3.12. The lowest BCUT2D eigenvalue weighted by Crippen LogP contribution is -2.41. The molecule has 1 fully saturated rings. The molecular formula is C17H16F2N4O2. The van der Waals surface area contributed by atoms with Gasteiger partial charge in [-0.25, -0.2) is 0 Å². The van der Waals surface area contributed by atoms with E-state index in [1.807, 2.05) is 6.92 Å². The summed E-state index contributed by atoms with van der Waals surface area (Å²) in [7, 11) is 0. The molecule has 2 heterocycles. The largest absolute Gasteiger partial charge is 0.339 e. The number of halogens is 2. The van der Waals surface area contributed by atoms with Crippen LogP contribution in [0.1, 0.15) is 42.4 Å². The van der Waals surface area contributed by atoms with Gasteiger partial charge in [0.2, 0.25) is 5.82 Å². The van der Waals surface area contributed by atoms with Crippen LogP contribution in [0.3, 0.4) is 0 Å². The highest BCUT2D eigenvalue weighted by Crippen LogP contribution is 2.30. The van der Waals surface area contributed by atoms with E-state index in [0.717, 1.165) is 0 Å². The number of amides is 1. The van der Waals surface area contributed by atoms with Crippen molar-refractivity contribution in [3.8, 4) is 17.5 Å². The first-order chi connectivity index (χ1) is 11.9. The topological polar surface area (TPSA) is 83.0 Å². The summed E-state index contributed by atoms with van der Waals surface area (Å²) in [5.41, 5.74) is 0.603. The molecule has 25 heavy (non-hydrogen) atoms. The van der Waals surface area contributed by atoms with Crippen LogP contribution in [0.25, 0.3) is 11.4 Å². The van der Waals surface area contributed by atoms with Crippen LogP contribution in [0.5, 0.6) is 0 Å². The molecule has 0 N–H and O–H groups in total. The van der Waals surface area contributed by atoms with E-state index in [1.54, 1.807) is 29.2 Å². The number of likely N-dealkylation sites (tertiary alicyclic amines) is 1. The van der Waals surface area contributed by atoms with Crippen molar-refractivity contribution in [2.45, 2.75) is 26.2 Å². The minimum atomic E-state index is -2.82. The zero-order valence-corrected chi connectivity index (χ0v) is 13.6. The Labute approximate surface area is 143 Å². The van der Waals surface area contributed by atoms with Crippen molar-refractivity contribution in [2.24, 2.45) is 5.41 Å². The first kappa shape index (κ1) is 17.0. The van der Waals surface area contributed by atoms with Gasteiger partial charge in [0.25, 0.3) is 11.8 Å². The van der Waals surface area contributed by atoms with E-state index < -0.39 is 12.3 Å². The molecule has 0 spiro atoms. The van der Waals surface area contributed by atoms with Gasteiger partial charge in [-0.05, 0) is 31.9 Å².